The maximum atomic E-state index is 6.34. The summed E-state index contributed by atoms with van der Waals surface area (Å²) in [6.07, 6.45) is 2.12. The molecule has 0 rings (SSSR count). The van der Waals surface area contributed by atoms with Crippen molar-refractivity contribution >= 4 is 0 Å². The first kappa shape index (κ1) is 16.5. The van der Waals surface area contributed by atoms with E-state index in [-0.39, 0.29) is 0 Å². The average Bonchev–Trinajstić information content (AvgIpc) is 2.16. The molecule has 102 valence electrons. The molecule has 2 atom stereocenters. The van der Waals surface area contributed by atoms with Gasteiger partial charge in [-0.25, -0.2) is 0 Å². The Balaban J connectivity index is 4.94. The van der Waals surface area contributed by atoms with Crippen molar-refractivity contribution in [1.82, 2.24) is 0 Å². The molecule has 0 spiro atoms. The SMILES string of the molecule is CC/C(=C(\N)CC(C)C(C)C)C(C)C(C)(C)C. The number of hydrogen-bond acceptors (Lipinski definition) is 1. The first-order valence-electron chi connectivity index (χ1n) is 7.08. The van der Waals surface area contributed by atoms with Crippen LogP contribution in [0.2, 0.25) is 0 Å². The zero-order valence-electron chi connectivity index (χ0n) is 13.2. The summed E-state index contributed by atoms with van der Waals surface area (Å²) in [5.74, 6) is 1.94. The van der Waals surface area contributed by atoms with E-state index in [1.165, 1.54) is 5.57 Å². The molecule has 0 amide bonds. The summed E-state index contributed by atoms with van der Waals surface area (Å²) in [7, 11) is 0. The van der Waals surface area contributed by atoms with Gasteiger partial charge in [0.1, 0.15) is 0 Å². The lowest BCUT2D eigenvalue weighted by Crippen LogP contribution is -2.23. The lowest BCUT2D eigenvalue weighted by molar-refractivity contribution is 0.291. The van der Waals surface area contributed by atoms with Crippen molar-refractivity contribution in [2.45, 2.75) is 68.2 Å². The minimum absolute atomic E-state index is 0.303. The largest absolute Gasteiger partial charge is 0.402 e. The Hall–Kier alpha value is -0.460. The molecule has 0 aromatic rings. The normalized spacial score (nSPS) is 17.9. The zero-order chi connectivity index (χ0) is 13.8. The molecule has 0 fully saturated rings. The van der Waals surface area contributed by atoms with Crippen LogP contribution in [-0.2, 0) is 0 Å². The zero-order valence-corrected chi connectivity index (χ0v) is 13.2. The van der Waals surface area contributed by atoms with E-state index in [1.54, 1.807) is 0 Å². The van der Waals surface area contributed by atoms with E-state index in [0.717, 1.165) is 18.5 Å². The first-order chi connectivity index (χ1) is 7.61. The van der Waals surface area contributed by atoms with E-state index >= 15 is 0 Å². The summed E-state index contributed by atoms with van der Waals surface area (Å²) in [6.45, 7) is 18.3. The maximum absolute atomic E-state index is 6.34. The van der Waals surface area contributed by atoms with E-state index in [0.29, 0.717) is 23.2 Å². The number of rotatable bonds is 5. The van der Waals surface area contributed by atoms with Gasteiger partial charge >= 0.3 is 0 Å². The van der Waals surface area contributed by atoms with Crippen LogP contribution in [0.25, 0.3) is 0 Å². The number of nitrogens with two attached hydrogens (primary N) is 1. The first-order valence-corrected chi connectivity index (χ1v) is 7.08. The van der Waals surface area contributed by atoms with Crippen molar-refractivity contribution in [3.63, 3.8) is 0 Å². The van der Waals surface area contributed by atoms with E-state index in [4.69, 9.17) is 5.73 Å². The molecule has 1 heteroatoms. The third kappa shape index (κ3) is 5.14. The highest BCUT2D eigenvalue weighted by molar-refractivity contribution is 5.16. The van der Waals surface area contributed by atoms with Crippen LogP contribution < -0.4 is 5.73 Å². The highest BCUT2D eigenvalue weighted by atomic mass is 14.6. The van der Waals surface area contributed by atoms with E-state index in [2.05, 4.69) is 55.4 Å². The van der Waals surface area contributed by atoms with E-state index in [1.807, 2.05) is 0 Å². The van der Waals surface area contributed by atoms with Crippen LogP contribution in [-0.4, -0.2) is 0 Å². The van der Waals surface area contributed by atoms with Gasteiger partial charge in [-0.05, 0) is 41.6 Å². The fraction of sp³-hybridized carbons (Fsp3) is 0.875. The second kappa shape index (κ2) is 6.47. The van der Waals surface area contributed by atoms with Gasteiger partial charge in [-0.15, -0.1) is 0 Å². The molecule has 0 saturated heterocycles. The molecule has 0 aliphatic rings. The fourth-order valence-corrected chi connectivity index (χ4v) is 2.05. The highest BCUT2D eigenvalue weighted by Crippen LogP contribution is 2.35. The summed E-state index contributed by atoms with van der Waals surface area (Å²) in [5, 5.41) is 0. The van der Waals surface area contributed by atoms with Gasteiger partial charge in [0.05, 0.1) is 0 Å². The Labute approximate surface area is 109 Å². The lowest BCUT2D eigenvalue weighted by atomic mass is 9.75. The van der Waals surface area contributed by atoms with Gasteiger partial charge in [0.2, 0.25) is 0 Å². The van der Waals surface area contributed by atoms with Gasteiger partial charge in [-0.3, -0.25) is 0 Å². The van der Waals surface area contributed by atoms with Gasteiger partial charge in [-0.1, -0.05) is 55.4 Å². The Kier molecular flexibility index (Phi) is 6.29. The Bertz CT molecular complexity index is 255. The summed E-state index contributed by atoms with van der Waals surface area (Å²) >= 11 is 0. The third-order valence-corrected chi connectivity index (χ3v) is 4.30. The third-order valence-electron chi connectivity index (χ3n) is 4.30. The van der Waals surface area contributed by atoms with Crippen molar-refractivity contribution in [2.75, 3.05) is 0 Å². The molecule has 0 aromatic carbocycles. The molecule has 0 aliphatic carbocycles. The van der Waals surface area contributed by atoms with Crippen LogP contribution >= 0.6 is 0 Å². The molecule has 2 unspecified atom stereocenters. The van der Waals surface area contributed by atoms with Gasteiger partial charge in [0, 0.05) is 5.70 Å². The minimum Gasteiger partial charge on any atom is -0.402 e. The average molecular weight is 239 g/mol. The Morgan fingerprint density at radius 1 is 1.06 bits per heavy atom. The van der Waals surface area contributed by atoms with Gasteiger partial charge < -0.3 is 5.73 Å². The molecule has 0 heterocycles. The highest BCUT2D eigenvalue weighted by Gasteiger charge is 2.24. The summed E-state index contributed by atoms with van der Waals surface area (Å²) in [4.78, 5) is 0. The quantitative estimate of drug-likeness (QED) is 0.720. The van der Waals surface area contributed by atoms with Crippen LogP contribution in [0.5, 0.6) is 0 Å². The van der Waals surface area contributed by atoms with Crippen LogP contribution in [0.15, 0.2) is 11.3 Å². The minimum atomic E-state index is 0.303. The predicted octanol–water partition coefficient (Wildman–Crippen LogP) is 4.97. The monoisotopic (exact) mass is 239 g/mol. The topological polar surface area (TPSA) is 26.0 Å². The predicted molar refractivity (Wildman–Crippen MR) is 78.7 cm³/mol. The Morgan fingerprint density at radius 2 is 1.53 bits per heavy atom. The smallest absolute Gasteiger partial charge is 0.00779 e. The van der Waals surface area contributed by atoms with Crippen molar-refractivity contribution in [2.24, 2.45) is 28.9 Å². The summed E-state index contributed by atoms with van der Waals surface area (Å²) in [5.41, 5.74) is 9.25. The molecule has 0 aromatic heterocycles. The number of hydrogen-bond donors (Lipinski definition) is 1. The molecule has 17 heavy (non-hydrogen) atoms. The molecule has 0 aliphatic heterocycles. The molecule has 0 radical (unpaired) electrons. The van der Waals surface area contributed by atoms with Gasteiger partial charge in [0.25, 0.3) is 0 Å². The summed E-state index contributed by atoms with van der Waals surface area (Å²) < 4.78 is 0. The summed E-state index contributed by atoms with van der Waals surface area (Å²) in [6, 6.07) is 0. The molecular formula is C16H33N. The molecule has 0 saturated carbocycles. The second-order valence-electron chi connectivity index (χ2n) is 6.92. The second-order valence-corrected chi connectivity index (χ2v) is 6.92. The molecular weight excluding hydrogens is 206 g/mol. The standard InChI is InChI=1S/C16H33N/c1-9-14(13(5)16(6,7)8)15(17)10-12(4)11(2)3/h11-13H,9-10,17H2,1-8H3/b15-14+. The van der Waals surface area contributed by atoms with Crippen LogP contribution in [0.3, 0.4) is 0 Å². The Morgan fingerprint density at radius 3 is 1.82 bits per heavy atom. The fourth-order valence-electron chi connectivity index (χ4n) is 2.05. The lowest BCUT2D eigenvalue weighted by Gasteiger charge is -2.31. The van der Waals surface area contributed by atoms with E-state index < -0.39 is 0 Å². The maximum Gasteiger partial charge on any atom is 0.00779 e. The van der Waals surface area contributed by atoms with Crippen LogP contribution in [0.1, 0.15) is 68.2 Å². The van der Waals surface area contributed by atoms with Crippen LogP contribution in [0.4, 0.5) is 0 Å². The van der Waals surface area contributed by atoms with E-state index in [9.17, 15) is 0 Å². The molecule has 1 nitrogen and oxygen atoms in total. The molecule has 2 N–H and O–H groups in total. The van der Waals surface area contributed by atoms with Crippen LogP contribution in [0, 0.1) is 23.2 Å². The molecule has 0 bridgehead atoms. The van der Waals surface area contributed by atoms with Crippen molar-refractivity contribution < 1.29 is 0 Å². The van der Waals surface area contributed by atoms with Gasteiger partial charge in [-0.2, -0.15) is 0 Å². The number of allylic oxidation sites excluding steroid dienone is 2. The van der Waals surface area contributed by atoms with Crippen molar-refractivity contribution in [3.8, 4) is 0 Å². The van der Waals surface area contributed by atoms with Crippen molar-refractivity contribution in [1.29, 1.82) is 0 Å². The van der Waals surface area contributed by atoms with Crippen molar-refractivity contribution in [3.05, 3.63) is 11.3 Å². The van der Waals surface area contributed by atoms with Gasteiger partial charge in [0.15, 0.2) is 0 Å².